The average molecular weight is 239 g/mol. The molecule has 1 heterocycles. The highest BCUT2D eigenvalue weighted by molar-refractivity contribution is 5.01. The van der Waals surface area contributed by atoms with Gasteiger partial charge in [0.15, 0.2) is 0 Å². The molecule has 0 spiro atoms. The maximum absolute atomic E-state index is 4.17. The Morgan fingerprint density at radius 2 is 1.82 bits per heavy atom. The van der Waals surface area contributed by atoms with Gasteiger partial charge in [-0.2, -0.15) is 0 Å². The van der Waals surface area contributed by atoms with Crippen molar-refractivity contribution < 1.29 is 0 Å². The van der Waals surface area contributed by atoms with Crippen molar-refractivity contribution in [2.45, 2.75) is 45.8 Å². The van der Waals surface area contributed by atoms with Crippen LogP contribution in [0.3, 0.4) is 0 Å². The van der Waals surface area contributed by atoms with E-state index < -0.39 is 0 Å². The number of nitrogens with one attached hydrogen (secondary N) is 1. The Morgan fingerprint density at radius 1 is 1.29 bits per heavy atom. The lowest BCUT2D eigenvalue weighted by molar-refractivity contribution is 0.0655. The normalized spacial score (nSPS) is 27.6. The van der Waals surface area contributed by atoms with Crippen molar-refractivity contribution in [1.82, 2.24) is 15.1 Å². The van der Waals surface area contributed by atoms with E-state index in [0.717, 1.165) is 26.2 Å². The number of nitrogens with zero attached hydrogens (tertiary/aromatic N) is 2. The van der Waals surface area contributed by atoms with E-state index in [0.29, 0.717) is 18.1 Å². The average Bonchev–Trinajstić information content (AvgIpc) is 2.23. The van der Waals surface area contributed by atoms with Crippen LogP contribution >= 0.6 is 0 Å². The second kappa shape index (κ2) is 6.53. The highest BCUT2D eigenvalue weighted by Crippen LogP contribution is 2.13. The lowest BCUT2D eigenvalue weighted by atomic mass is 10.1. The zero-order valence-corrected chi connectivity index (χ0v) is 12.2. The molecule has 0 aliphatic carbocycles. The van der Waals surface area contributed by atoms with E-state index in [4.69, 9.17) is 0 Å². The maximum atomic E-state index is 4.17. The minimum atomic E-state index is 0.539. The van der Waals surface area contributed by atoms with Crippen LogP contribution in [0.15, 0.2) is 12.2 Å². The third-order valence-electron chi connectivity index (χ3n) is 3.64. The quantitative estimate of drug-likeness (QED) is 0.735. The summed E-state index contributed by atoms with van der Waals surface area (Å²) in [6.07, 6.45) is 0. The van der Waals surface area contributed by atoms with Crippen LogP contribution in [0.2, 0.25) is 0 Å². The van der Waals surface area contributed by atoms with Gasteiger partial charge in [-0.15, -0.1) is 0 Å². The summed E-state index contributed by atoms with van der Waals surface area (Å²) in [6, 6.07) is 1.83. The standard InChI is InChI=1S/C14H29N3/c1-11(2)15-7-12(3)8-17-9-13(4)16(6)14(5)10-17/h11,13-15H,3,7-10H2,1-2,4-6H3. The van der Waals surface area contributed by atoms with Gasteiger partial charge in [0.2, 0.25) is 0 Å². The smallest absolute Gasteiger partial charge is 0.0204 e. The predicted molar refractivity (Wildman–Crippen MR) is 75.4 cm³/mol. The predicted octanol–water partition coefficient (Wildman–Crippen LogP) is 1.56. The summed E-state index contributed by atoms with van der Waals surface area (Å²) in [5.74, 6) is 0. The third-order valence-corrected chi connectivity index (χ3v) is 3.64. The van der Waals surface area contributed by atoms with Crippen molar-refractivity contribution in [2.24, 2.45) is 0 Å². The van der Waals surface area contributed by atoms with E-state index in [1.807, 2.05) is 0 Å². The molecule has 1 aliphatic heterocycles. The van der Waals surface area contributed by atoms with E-state index >= 15 is 0 Å². The van der Waals surface area contributed by atoms with Crippen molar-refractivity contribution in [2.75, 3.05) is 33.2 Å². The zero-order chi connectivity index (χ0) is 13.0. The number of rotatable bonds is 5. The van der Waals surface area contributed by atoms with Crippen LogP contribution < -0.4 is 5.32 Å². The molecule has 17 heavy (non-hydrogen) atoms. The van der Waals surface area contributed by atoms with E-state index in [-0.39, 0.29) is 0 Å². The van der Waals surface area contributed by atoms with Crippen molar-refractivity contribution in [3.63, 3.8) is 0 Å². The van der Waals surface area contributed by atoms with Crippen LogP contribution in [-0.4, -0.2) is 61.2 Å². The molecule has 100 valence electrons. The van der Waals surface area contributed by atoms with Gasteiger partial charge in [-0.1, -0.05) is 20.4 Å². The van der Waals surface area contributed by atoms with Gasteiger partial charge < -0.3 is 5.32 Å². The number of piperazine rings is 1. The van der Waals surface area contributed by atoms with Crippen LogP contribution in [0.4, 0.5) is 0 Å². The monoisotopic (exact) mass is 239 g/mol. The lowest BCUT2D eigenvalue weighted by Crippen LogP contribution is -2.55. The fourth-order valence-corrected chi connectivity index (χ4v) is 2.36. The van der Waals surface area contributed by atoms with Crippen LogP contribution in [-0.2, 0) is 0 Å². The minimum absolute atomic E-state index is 0.539. The summed E-state index contributed by atoms with van der Waals surface area (Å²) in [5, 5.41) is 3.43. The summed E-state index contributed by atoms with van der Waals surface area (Å²) in [7, 11) is 2.22. The first kappa shape index (κ1) is 14.7. The Morgan fingerprint density at radius 3 is 2.29 bits per heavy atom. The first-order valence-electron chi connectivity index (χ1n) is 6.74. The fourth-order valence-electron chi connectivity index (χ4n) is 2.36. The molecule has 0 aromatic heterocycles. The second-order valence-corrected chi connectivity index (χ2v) is 5.84. The summed E-state index contributed by atoms with van der Waals surface area (Å²) in [6.45, 7) is 17.4. The molecule has 3 nitrogen and oxygen atoms in total. The van der Waals surface area contributed by atoms with Gasteiger partial charge in [0.05, 0.1) is 0 Å². The van der Waals surface area contributed by atoms with E-state index in [1.165, 1.54) is 5.57 Å². The van der Waals surface area contributed by atoms with Gasteiger partial charge in [0.1, 0.15) is 0 Å². The molecule has 0 bridgehead atoms. The summed E-state index contributed by atoms with van der Waals surface area (Å²) >= 11 is 0. The van der Waals surface area contributed by atoms with Gasteiger partial charge in [0, 0.05) is 44.3 Å². The second-order valence-electron chi connectivity index (χ2n) is 5.84. The summed E-state index contributed by atoms with van der Waals surface area (Å²) < 4.78 is 0. The lowest BCUT2D eigenvalue weighted by Gasteiger charge is -2.42. The van der Waals surface area contributed by atoms with E-state index in [1.54, 1.807) is 0 Å². The van der Waals surface area contributed by atoms with Crippen molar-refractivity contribution in [3.05, 3.63) is 12.2 Å². The molecular formula is C14H29N3. The molecule has 2 atom stereocenters. The van der Waals surface area contributed by atoms with Gasteiger partial charge in [-0.05, 0) is 26.5 Å². The molecule has 1 fully saturated rings. The van der Waals surface area contributed by atoms with Crippen molar-refractivity contribution >= 4 is 0 Å². The molecule has 0 radical (unpaired) electrons. The molecule has 0 saturated carbocycles. The van der Waals surface area contributed by atoms with Gasteiger partial charge in [0.25, 0.3) is 0 Å². The highest BCUT2D eigenvalue weighted by Gasteiger charge is 2.26. The van der Waals surface area contributed by atoms with Gasteiger partial charge in [-0.25, -0.2) is 0 Å². The minimum Gasteiger partial charge on any atom is -0.311 e. The molecular weight excluding hydrogens is 210 g/mol. The molecule has 0 amide bonds. The highest BCUT2D eigenvalue weighted by atomic mass is 15.3. The number of likely N-dealkylation sites (N-methyl/N-ethyl adjacent to an activating group) is 1. The van der Waals surface area contributed by atoms with Gasteiger partial charge >= 0.3 is 0 Å². The Hall–Kier alpha value is -0.380. The fraction of sp³-hybridized carbons (Fsp3) is 0.857. The number of hydrogen-bond donors (Lipinski definition) is 1. The molecule has 1 rings (SSSR count). The Kier molecular flexibility index (Phi) is 5.63. The largest absolute Gasteiger partial charge is 0.311 e. The van der Waals surface area contributed by atoms with E-state index in [9.17, 15) is 0 Å². The Labute approximate surface area is 107 Å². The maximum Gasteiger partial charge on any atom is 0.0204 e. The first-order chi connectivity index (χ1) is 7.90. The SMILES string of the molecule is C=C(CNC(C)C)CN1CC(C)N(C)C(C)C1. The summed E-state index contributed by atoms with van der Waals surface area (Å²) in [4.78, 5) is 4.99. The number of hydrogen-bond acceptors (Lipinski definition) is 3. The molecule has 1 saturated heterocycles. The third kappa shape index (κ3) is 4.78. The Bertz CT molecular complexity index is 238. The van der Waals surface area contributed by atoms with Crippen LogP contribution in [0.1, 0.15) is 27.7 Å². The van der Waals surface area contributed by atoms with E-state index in [2.05, 4.69) is 56.4 Å². The zero-order valence-electron chi connectivity index (χ0n) is 12.2. The molecule has 2 unspecified atom stereocenters. The van der Waals surface area contributed by atoms with Crippen LogP contribution in [0, 0.1) is 0 Å². The Balaban J connectivity index is 2.34. The van der Waals surface area contributed by atoms with Crippen molar-refractivity contribution in [1.29, 1.82) is 0 Å². The topological polar surface area (TPSA) is 18.5 Å². The van der Waals surface area contributed by atoms with Gasteiger partial charge in [-0.3, -0.25) is 9.80 Å². The molecule has 3 heteroatoms. The molecule has 0 aromatic rings. The van der Waals surface area contributed by atoms with Crippen molar-refractivity contribution in [3.8, 4) is 0 Å². The first-order valence-corrected chi connectivity index (χ1v) is 6.74. The molecule has 0 aromatic carbocycles. The molecule has 1 aliphatic rings. The van der Waals surface area contributed by atoms with Crippen LogP contribution in [0.5, 0.6) is 0 Å². The summed E-state index contributed by atoms with van der Waals surface area (Å²) in [5.41, 5.74) is 1.29. The molecule has 1 N–H and O–H groups in total. The van der Waals surface area contributed by atoms with Crippen LogP contribution in [0.25, 0.3) is 0 Å².